The Kier molecular flexibility index (Phi) is 8.14. The van der Waals surface area contributed by atoms with E-state index in [4.69, 9.17) is 21.1 Å². The highest BCUT2D eigenvalue weighted by molar-refractivity contribution is 6.25. The van der Waals surface area contributed by atoms with E-state index >= 15 is 0 Å². The zero-order valence-corrected chi connectivity index (χ0v) is 16.8. The van der Waals surface area contributed by atoms with Crippen LogP contribution in [-0.4, -0.2) is 19.5 Å². The molecule has 3 rings (SSSR count). The van der Waals surface area contributed by atoms with Crippen molar-refractivity contribution in [1.29, 1.82) is 0 Å². The van der Waals surface area contributed by atoms with E-state index < -0.39 is 0 Å². The van der Waals surface area contributed by atoms with Crippen molar-refractivity contribution in [3.8, 4) is 0 Å². The van der Waals surface area contributed by atoms with Crippen LogP contribution in [0.15, 0.2) is 11.6 Å². The molecule has 0 aromatic rings. The van der Waals surface area contributed by atoms with Crippen LogP contribution in [0.1, 0.15) is 77.6 Å². The second kappa shape index (κ2) is 10.3. The molecule has 0 aromatic heterocycles. The van der Waals surface area contributed by atoms with Crippen molar-refractivity contribution < 1.29 is 9.47 Å². The number of allylic oxidation sites excluding steroid dienone is 1. The summed E-state index contributed by atoms with van der Waals surface area (Å²) in [6.07, 6.45) is 17.0. The maximum atomic E-state index is 6.11. The van der Waals surface area contributed by atoms with Gasteiger partial charge in [0.1, 0.15) is 0 Å². The summed E-state index contributed by atoms with van der Waals surface area (Å²) in [5.41, 5.74) is 1.72. The van der Waals surface area contributed by atoms with Crippen LogP contribution in [0.4, 0.5) is 0 Å². The van der Waals surface area contributed by atoms with Gasteiger partial charge in [-0.1, -0.05) is 37.4 Å². The summed E-state index contributed by atoms with van der Waals surface area (Å²) in [6.45, 7) is 4.10. The molecule has 3 aliphatic rings. The molecule has 2 aliphatic carbocycles. The van der Waals surface area contributed by atoms with Crippen LogP contribution in [0.5, 0.6) is 0 Å². The number of hydrogen-bond donors (Lipinski definition) is 0. The fourth-order valence-corrected chi connectivity index (χ4v) is 5.50. The summed E-state index contributed by atoms with van der Waals surface area (Å²) in [5.74, 6) is 3.89. The van der Waals surface area contributed by atoms with E-state index in [2.05, 4.69) is 13.0 Å². The molecule has 3 heteroatoms. The van der Waals surface area contributed by atoms with E-state index in [1.807, 2.05) is 0 Å². The number of halogens is 1. The topological polar surface area (TPSA) is 18.5 Å². The summed E-state index contributed by atoms with van der Waals surface area (Å²) >= 11 is 5.74. The molecule has 1 heterocycles. The van der Waals surface area contributed by atoms with Gasteiger partial charge in [-0.15, -0.1) is 0 Å². The van der Waals surface area contributed by atoms with Crippen molar-refractivity contribution in [2.24, 2.45) is 29.6 Å². The van der Waals surface area contributed by atoms with Crippen molar-refractivity contribution >= 4 is 11.6 Å². The molecule has 0 unspecified atom stereocenters. The number of rotatable bonds is 6. The third-order valence-corrected chi connectivity index (χ3v) is 7.13. The van der Waals surface area contributed by atoms with Crippen LogP contribution in [0.3, 0.4) is 0 Å². The van der Waals surface area contributed by atoms with E-state index in [1.54, 1.807) is 5.54 Å². The molecule has 0 atom stereocenters. The predicted molar refractivity (Wildman–Crippen MR) is 105 cm³/mol. The zero-order valence-electron chi connectivity index (χ0n) is 16.0. The molecule has 0 bridgehead atoms. The Morgan fingerprint density at radius 2 is 1.40 bits per heavy atom. The maximum Gasteiger partial charge on any atom is 0.160 e. The molecule has 1 aliphatic heterocycles. The molecule has 25 heavy (non-hydrogen) atoms. The molecule has 144 valence electrons. The normalized spacial score (nSPS) is 40.4. The second-order valence-electron chi connectivity index (χ2n) is 8.71. The van der Waals surface area contributed by atoms with Gasteiger partial charge in [0.25, 0.3) is 0 Å². The van der Waals surface area contributed by atoms with Gasteiger partial charge in [-0.25, -0.2) is 0 Å². The first-order valence-electron chi connectivity index (χ1n) is 10.8. The molecule has 0 amide bonds. The summed E-state index contributed by atoms with van der Waals surface area (Å²) in [7, 11) is 0. The highest BCUT2D eigenvalue weighted by atomic mass is 35.5. The Morgan fingerprint density at radius 1 is 0.840 bits per heavy atom. The third kappa shape index (κ3) is 5.71. The van der Waals surface area contributed by atoms with Crippen LogP contribution in [0.2, 0.25) is 0 Å². The summed E-state index contributed by atoms with van der Waals surface area (Å²) in [5, 5.41) is 0. The van der Waals surface area contributed by atoms with Crippen LogP contribution in [0.25, 0.3) is 0 Å². The minimum atomic E-state index is 0.0865. The van der Waals surface area contributed by atoms with Gasteiger partial charge in [0, 0.05) is 17.4 Å². The summed E-state index contributed by atoms with van der Waals surface area (Å²) < 4.78 is 12.2. The monoisotopic (exact) mass is 368 g/mol. The lowest BCUT2D eigenvalue weighted by Gasteiger charge is -2.40. The molecule has 2 nitrogen and oxygen atoms in total. The first-order valence-corrected chi connectivity index (χ1v) is 11.2. The zero-order chi connectivity index (χ0) is 17.5. The Labute approximate surface area is 159 Å². The number of hydrogen-bond acceptors (Lipinski definition) is 2. The average molecular weight is 369 g/mol. The Balaban J connectivity index is 1.35. The van der Waals surface area contributed by atoms with Gasteiger partial charge < -0.3 is 9.47 Å². The lowest BCUT2D eigenvalue weighted by atomic mass is 9.69. The van der Waals surface area contributed by atoms with E-state index in [1.165, 1.54) is 70.6 Å². The summed E-state index contributed by atoms with van der Waals surface area (Å²) in [6, 6.07) is 0. The van der Waals surface area contributed by atoms with Gasteiger partial charge in [-0.2, -0.15) is 0 Å². The molecule has 2 saturated carbocycles. The summed E-state index contributed by atoms with van der Waals surface area (Å²) in [4.78, 5) is 0. The molecular formula is C22H37ClO2. The van der Waals surface area contributed by atoms with E-state index in [9.17, 15) is 0 Å². The second-order valence-corrected chi connectivity index (χ2v) is 8.96. The van der Waals surface area contributed by atoms with Gasteiger partial charge in [0.2, 0.25) is 0 Å². The van der Waals surface area contributed by atoms with E-state index in [0.29, 0.717) is 11.8 Å². The van der Waals surface area contributed by atoms with Crippen molar-refractivity contribution in [2.75, 3.05) is 13.2 Å². The van der Waals surface area contributed by atoms with Gasteiger partial charge in [0.15, 0.2) is 6.29 Å². The minimum absolute atomic E-state index is 0.0865. The van der Waals surface area contributed by atoms with Crippen molar-refractivity contribution in [3.05, 3.63) is 11.6 Å². The lowest BCUT2D eigenvalue weighted by Crippen LogP contribution is -2.39. The van der Waals surface area contributed by atoms with Crippen molar-refractivity contribution in [1.82, 2.24) is 0 Å². The van der Waals surface area contributed by atoms with E-state index in [0.717, 1.165) is 31.0 Å². The first kappa shape index (κ1) is 19.7. The maximum absolute atomic E-state index is 6.11. The van der Waals surface area contributed by atoms with Gasteiger partial charge in [0.05, 0.1) is 13.2 Å². The van der Waals surface area contributed by atoms with Crippen LogP contribution >= 0.6 is 11.6 Å². The van der Waals surface area contributed by atoms with Gasteiger partial charge >= 0.3 is 0 Å². The van der Waals surface area contributed by atoms with Gasteiger partial charge in [-0.3, -0.25) is 0 Å². The largest absolute Gasteiger partial charge is 0.352 e. The Bertz CT molecular complexity index is 387. The molecule has 3 fully saturated rings. The average Bonchev–Trinajstić information content (AvgIpc) is 2.68. The quantitative estimate of drug-likeness (QED) is 0.530. The highest BCUT2D eigenvalue weighted by Crippen LogP contribution is 2.43. The molecule has 0 N–H and O–H groups in total. The van der Waals surface area contributed by atoms with Crippen molar-refractivity contribution in [2.45, 2.75) is 83.8 Å². The fourth-order valence-electron chi connectivity index (χ4n) is 5.29. The molecule has 1 saturated heterocycles. The molecule has 0 spiro atoms. The van der Waals surface area contributed by atoms with Crippen molar-refractivity contribution in [3.63, 3.8) is 0 Å². The highest BCUT2D eigenvalue weighted by Gasteiger charge is 2.35. The van der Waals surface area contributed by atoms with Crippen LogP contribution in [-0.2, 0) is 9.47 Å². The molecule has 0 radical (unpaired) electrons. The van der Waals surface area contributed by atoms with Gasteiger partial charge in [-0.05, 0) is 75.5 Å². The lowest BCUT2D eigenvalue weighted by molar-refractivity contribution is -0.230. The SMILES string of the molecule is CCCCC1COC(C2CCC(C3CCC(C=CCl)CC3)CC2)OC1. The predicted octanol–water partition coefficient (Wildman–Crippen LogP) is 6.53. The third-order valence-electron chi connectivity index (χ3n) is 6.99. The number of ether oxygens (including phenoxy) is 2. The number of unbranched alkanes of at least 4 members (excludes halogenated alkanes) is 1. The van der Waals surface area contributed by atoms with Crippen LogP contribution < -0.4 is 0 Å². The van der Waals surface area contributed by atoms with E-state index in [-0.39, 0.29) is 6.29 Å². The molecule has 0 aromatic carbocycles. The Morgan fingerprint density at radius 3 is 1.96 bits per heavy atom. The van der Waals surface area contributed by atoms with Crippen LogP contribution in [0, 0.1) is 29.6 Å². The molecular weight excluding hydrogens is 332 g/mol. The standard InChI is InChI=1S/C22H37ClO2/c1-2-3-4-18-15-24-22(25-16-18)21-11-9-20(10-12-21)19-7-5-17(6-8-19)13-14-23/h13-14,17-22H,2-12,15-16H2,1H3. The Hall–Kier alpha value is -0.0500. The minimum Gasteiger partial charge on any atom is -0.352 e. The first-order chi connectivity index (χ1) is 12.3. The smallest absolute Gasteiger partial charge is 0.160 e. The fraction of sp³-hybridized carbons (Fsp3) is 0.909.